The summed E-state index contributed by atoms with van der Waals surface area (Å²) in [7, 11) is 3.86. The molecule has 1 heterocycles. The Morgan fingerprint density at radius 1 is 1.37 bits per heavy atom. The van der Waals surface area contributed by atoms with E-state index >= 15 is 0 Å². The second-order valence-corrected chi connectivity index (χ2v) is 6.03. The van der Waals surface area contributed by atoms with E-state index < -0.39 is 11.5 Å². The number of aliphatic carboxylic acids is 1. The van der Waals surface area contributed by atoms with E-state index in [9.17, 15) is 9.59 Å². The molecular weight excluding hydrogens is 246 g/mol. The number of piperidine rings is 1. The average molecular weight is 271 g/mol. The smallest absolute Gasteiger partial charge is 0.317 e. The van der Waals surface area contributed by atoms with Gasteiger partial charge in [0.05, 0.1) is 6.42 Å². The molecule has 1 aliphatic rings. The molecule has 0 aliphatic carbocycles. The zero-order chi connectivity index (χ0) is 14.6. The lowest BCUT2D eigenvalue weighted by Gasteiger charge is -2.37. The van der Waals surface area contributed by atoms with E-state index in [1.54, 1.807) is 25.8 Å². The van der Waals surface area contributed by atoms with Crippen molar-refractivity contribution >= 4 is 12.0 Å². The summed E-state index contributed by atoms with van der Waals surface area (Å²) in [5.41, 5.74) is -0.733. The van der Waals surface area contributed by atoms with Crippen LogP contribution in [0.15, 0.2) is 0 Å². The highest BCUT2D eigenvalue weighted by molar-refractivity contribution is 5.76. The molecule has 1 saturated heterocycles. The van der Waals surface area contributed by atoms with Crippen LogP contribution in [0.25, 0.3) is 0 Å². The maximum Gasteiger partial charge on any atom is 0.317 e. The molecule has 0 aromatic heterocycles. The zero-order valence-corrected chi connectivity index (χ0v) is 12.3. The van der Waals surface area contributed by atoms with Crippen LogP contribution < -0.4 is 5.32 Å². The van der Waals surface area contributed by atoms with Crippen LogP contribution in [0, 0.1) is 0 Å². The predicted octanol–water partition coefficient (Wildman–Crippen LogP) is 0.975. The first kappa shape index (κ1) is 15.8. The third-order valence-electron chi connectivity index (χ3n) is 3.59. The number of amides is 2. The molecule has 1 fully saturated rings. The van der Waals surface area contributed by atoms with Gasteiger partial charge in [-0.3, -0.25) is 4.79 Å². The SMILES string of the molecule is CN1CCC(N(C)C(=O)NC(C)(C)CC(=O)O)CC1. The van der Waals surface area contributed by atoms with Crippen LogP contribution in [0.1, 0.15) is 33.1 Å². The first-order chi connectivity index (χ1) is 8.71. The van der Waals surface area contributed by atoms with Gasteiger partial charge in [-0.1, -0.05) is 0 Å². The second kappa shape index (κ2) is 6.23. The Balaban J connectivity index is 2.50. The highest BCUT2D eigenvalue weighted by atomic mass is 16.4. The van der Waals surface area contributed by atoms with Crippen molar-refractivity contribution in [2.24, 2.45) is 0 Å². The first-order valence-electron chi connectivity index (χ1n) is 6.66. The fourth-order valence-electron chi connectivity index (χ4n) is 2.35. The molecule has 2 amide bonds. The quantitative estimate of drug-likeness (QED) is 0.799. The molecule has 19 heavy (non-hydrogen) atoms. The van der Waals surface area contributed by atoms with Gasteiger partial charge in [-0.2, -0.15) is 0 Å². The molecule has 2 N–H and O–H groups in total. The number of carbonyl (C=O) groups is 2. The highest BCUT2D eigenvalue weighted by Gasteiger charge is 2.29. The maximum atomic E-state index is 12.1. The fourth-order valence-corrected chi connectivity index (χ4v) is 2.35. The second-order valence-electron chi connectivity index (χ2n) is 6.03. The van der Waals surface area contributed by atoms with Gasteiger partial charge in [0.2, 0.25) is 0 Å². The Hall–Kier alpha value is -1.30. The van der Waals surface area contributed by atoms with Crippen LogP contribution in [0.3, 0.4) is 0 Å². The predicted molar refractivity (Wildman–Crippen MR) is 73.1 cm³/mol. The lowest BCUT2D eigenvalue weighted by molar-refractivity contribution is -0.138. The average Bonchev–Trinajstić information content (AvgIpc) is 2.26. The Labute approximate surface area is 114 Å². The molecule has 0 spiro atoms. The van der Waals surface area contributed by atoms with Crippen LogP contribution in [0.2, 0.25) is 0 Å². The minimum atomic E-state index is -0.910. The topological polar surface area (TPSA) is 72.9 Å². The van der Waals surface area contributed by atoms with E-state index in [1.165, 1.54) is 0 Å². The van der Waals surface area contributed by atoms with Crippen LogP contribution in [-0.2, 0) is 4.79 Å². The number of nitrogens with zero attached hydrogens (tertiary/aromatic N) is 2. The molecule has 0 radical (unpaired) electrons. The van der Waals surface area contributed by atoms with Gasteiger partial charge in [-0.05, 0) is 46.8 Å². The van der Waals surface area contributed by atoms with Gasteiger partial charge in [0.1, 0.15) is 0 Å². The molecule has 1 aliphatic heterocycles. The van der Waals surface area contributed by atoms with E-state index in [1.807, 2.05) is 0 Å². The summed E-state index contributed by atoms with van der Waals surface area (Å²) in [6.45, 7) is 5.42. The number of hydrogen-bond acceptors (Lipinski definition) is 3. The number of nitrogens with one attached hydrogen (secondary N) is 1. The molecule has 0 aromatic carbocycles. The van der Waals surface area contributed by atoms with Crippen molar-refractivity contribution in [3.8, 4) is 0 Å². The lowest BCUT2D eigenvalue weighted by atomic mass is 10.0. The number of carboxylic acid groups (broad SMARTS) is 1. The van der Waals surface area contributed by atoms with E-state index in [4.69, 9.17) is 5.11 Å². The van der Waals surface area contributed by atoms with Crippen LogP contribution in [0.5, 0.6) is 0 Å². The largest absolute Gasteiger partial charge is 0.481 e. The normalized spacial score (nSPS) is 18.1. The number of hydrogen-bond donors (Lipinski definition) is 2. The van der Waals surface area contributed by atoms with Gasteiger partial charge >= 0.3 is 12.0 Å². The summed E-state index contributed by atoms with van der Waals surface area (Å²) >= 11 is 0. The van der Waals surface area contributed by atoms with Crippen molar-refractivity contribution in [2.75, 3.05) is 27.2 Å². The van der Waals surface area contributed by atoms with Gasteiger partial charge in [0, 0.05) is 18.6 Å². The van der Waals surface area contributed by atoms with Gasteiger partial charge < -0.3 is 20.2 Å². The summed E-state index contributed by atoms with van der Waals surface area (Å²) < 4.78 is 0. The Morgan fingerprint density at radius 2 is 1.89 bits per heavy atom. The highest BCUT2D eigenvalue weighted by Crippen LogP contribution is 2.15. The molecular formula is C13H25N3O3. The number of urea groups is 1. The molecule has 0 bridgehead atoms. The molecule has 0 saturated carbocycles. The van der Waals surface area contributed by atoms with Crippen molar-refractivity contribution in [2.45, 2.75) is 44.7 Å². The molecule has 1 rings (SSSR count). The minimum Gasteiger partial charge on any atom is -0.481 e. The van der Waals surface area contributed by atoms with Crippen molar-refractivity contribution in [1.82, 2.24) is 15.1 Å². The van der Waals surface area contributed by atoms with E-state index in [0.29, 0.717) is 0 Å². The monoisotopic (exact) mass is 271 g/mol. The standard InChI is InChI=1S/C13H25N3O3/c1-13(2,9-11(17)18)14-12(19)16(4)10-5-7-15(3)8-6-10/h10H,5-9H2,1-4H3,(H,14,19)(H,17,18). The van der Waals surface area contributed by atoms with Gasteiger partial charge in [-0.25, -0.2) is 4.79 Å². The number of likely N-dealkylation sites (tertiary alicyclic amines) is 1. The van der Waals surface area contributed by atoms with Crippen molar-refractivity contribution in [1.29, 1.82) is 0 Å². The van der Waals surface area contributed by atoms with E-state index in [2.05, 4.69) is 17.3 Å². The summed E-state index contributed by atoms with van der Waals surface area (Å²) in [5, 5.41) is 11.6. The Morgan fingerprint density at radius 3 is 2.37 bits per heavy atom. The third-order valence-corrected chi connectivity index (χ3v) is 3.59. The lowest BCUT2D eigenvalue weighted by Crippen LogP contribution is -2.54. The van der Waals surface area contributed by atoms with Crippen molar-refractivity contribution in [3.63, 3.8) is 0 Å². The van der Waals surface area contributed by atoms with Crippen LogP contribution in [0.4, 0.5) is 4.79 Å². The number of carboxylic acids is 1. The fraction of sp³-hybridized carbons (Fsp3) is 0.846. The molecule has 0 unspecified atom stereocenters. The van der Waals surface area contributed by atoms with E-state index in [0.717, 1.165) is 25.9 Å². The van der Waals surface area contributed by atoms with E-state index in [-0.39, 0.29) is 18.5 Å². The summed E-state index contributed by atoms with van der Waals surface area (Å²) in [6, 6.07) is 0.0395. The molecule has 0 aromatic rings. The summed E-state index contributed by atoms with van der Waals surface area (Å²) in [6.07, 6.45) is 1.83. The molecule has 110 valence electrons. The van der Waals surface area contributed by atoms with Crippen molar-refractivity contribution < 1.29 is 14.7 Å². The maximum absolute atomic E-state index is 12.1. The Kier molecular flexibility index (Phi) is 5.17. The van der Waals surface area contributed by atoms with Gasteiger partial charge in [0.15, 0.2) is 0 Å². The van der Waals surface area contributed by atoms with Gasteiger partial charge in [-0.15, -0.1) is 0 Å². The molecule has 6 heteroatoms. The zero-order valence-electron chi connectivity index (χ0n) is 12.3. The van der Waals surface area contributed by atoms with Crippen LogP contribution >= 0.6 is 0 Å². The van der Waals surface area contributed by atoms with Gasteiger partial charge in [0.25, 0.3) is 0 Å². The molecule has 6 nitrogen and oxygen atoms in total. The summed E-state index contributed by atoms with van der Waals surface area (Å²) in [5.74, 6) is -0.910. The minimum absolute atomic E-state index is 0.0833. The Bertz CT molecular complexity index is 336. The molecule has 0 atom stereocenters. The first-order valence-corrected chi connectivity index (χ1v) is 6.66. The number of rotatable bonds is 4. The number of carbonyl (C=O) groups excluding carboxylic acids is 1. The van der Waals surface area contributed by atoms with Crippen LogP contribution in [-0.4, -0.2) is 65.7 Å². The van der Waals surface area contributed by atoms with Crippen molar-refractivity contribution in [3.05, 3.63) is 0 Å². The summed E-state index contributed by atoms with van der Waals surface area (Å²) in [4.78, 5) is 26.8. The third kappa shape index (κ3) is 5.06.